The summed E-state index contributed by atoms with van der Waals surface area (Å²) in [6.07, 6.45) is 4.51. The number of hydrogen-bond acceptors (Lipinski definition) is 8. The van der Waals surface area contributed by atoms with Crippen LogP contribution in [0.25, 0.3) is 0 Å². The normalized spacial score (nSPS) is 34.7. The number of aliphatic hydroxyl groups is 2. The van der Waals surface area contributed by atoms with E-state index in [-0.39, 0.29) is 66.7 Å². The van der Waals surface area contributed by atoms with Gasteiger partial charge in [0.2, 0.25) is 11.7 Å². The molecular formula is C33H41NO9. The summed E-state index contributed by atoms with van der Waals surface area (Å²) < 4.78 is 5.20. The molecule has 1 aromatic rings. The molecule has 43 heavy (non-hydrogen) atoms. The molecule has 3 fully saturated rings. The third-order valence-corrected chi connectivity index (χ3v) is 11.1. The summed E-state index contributed by atoms with van der Waals surface area (Å²) in [6, 6.07) is 6.06. The Hall–Kier alpha value is -3.37. The molecule has 0 aliphatic heterocycles. The van der Waals surface area contributed by atoms with Crippen molar-refractivity contribution >= 4 is 29.4 Å². The zero-order chi connectivity index (χ0) is 31.2. The Morgan fingerprint density at radius 2 is 1.74 bits per heavy atom. The van der Waals surface area contributed by atoms with Gasteiger partial charge in [-0.1, -0.05) is 31.6 Å². The highest BCUT2D eigenvalue weighted by atomic mass is 16.5. The second-order valence-corrected chi connectivity index (χ2v) is 13.3. The highest BCUT2D eigenvalue weighted by molar-refractivity contribution is 5.92. The first-order chi connectivity index (χ1) is 20.3. The molecule has 5 rings (SSSR count). The van der Waals surface area contributed by atoms with Crippen molar-refractivity contribution in [1.82, 2.24) is 5.32 Å². The highest BCUT2D eigenvalue weighted by Crippen LogP contribution is 2.67. The average Bonchev–Trinajstić information content (AvgIpc) is 3.24. The van der Waals surface area contributed by atoms with Gasteiger partial charge >= 0.3 is 11.9 Å². The van der Waals surface area contributed by atoms with Gasteiger partial charge < -0.3 is 25.4 Å². The lowest BCUT2D eigenvalue weighted by atomic mass is 9.45. The number of carbonyl (C=O) groups excluding carboxylic acids is 4. The standard InChI is InChI=1S/C33H41NO9/c1-31-13-11-22(35)15-21(31)7-8-23-24-12-14-33(42,32(24,2)16-25(36)29(23)31)26(37)18-43-28(39)10-9-27(38)34-17-19-3-5-20(6-4-19)30(40)41/h3-6,15,23-25,29,36,42H,7-14,16-18H2,1-2H3,(H,34,38)(H,40,41)/t23-,24+,25+,29-,31+,32-,33+/m1/s1. The molecule has 0 bridgehead atoms. The van der Waals surface area contributed by atoms with Crippen LogP contribution in [0.4, 0.5) is 0 Å². The summed E-state index contributed by atoms with van der Waals surface area (Å²) in [7, 11) is 0. The van der Waals surface area contributed by atoms with E-state index in [4.69, 9.17) is 9.84 Å². The summed E-state index contributed by atoms with van der Waals surface area (Å²) in [5.74, 6) is -2.52. The molecular weight excluding hydrogens is 554 g/mol. The van der Waals surface area contributed by atoms with Gasteiger partial charge in [-0.2, -0.15) is 0 Å². The fourth-order valence-electron chi connectivity index (χ4n) is 8.76. The van der Waals surface area contributed by atoms with Gasteiger partial charge in [0.05, 0.1) is 18.1 Å². The van der Waals surface area contributed by atoms with Gasteiger partial charge in [-0.25, -0.2) is 4.79 Å². The number of carboxylic acid groups (broad SMARTS) is 1. The predicted octanol–water partition coefficient (Wildman–Crippen LogP) is 3.13. The van der Waals surface area contributed by atoms with Crippen LogP contribution in [0.5, 0.6) is 0 Å². The number of carbonyl (C=O) groups is 5. The van der Waals surface area contributed by atoms with Gasteiger partial charge in [-0.3, -0.25) is 19.2 Å². The van der Waals surface area contributed by atoms with Crippen LogP contribution in [-0.2, 0) is 30.5 Å². The molecule has 4 aliphatic rings. The van der Waals surface area contributed by atoms with Crippen molar-refractivity contribution < 1.29 is 44.0 Å². The second-order valence-electron chi connectivity index (χ2n) is 13.3. The van der Waals surface area contributed by atoms with Gasteiger partial charge in [0.1, 0.15) is 5.60 Å². The van der Waals surface area contributed by atoms with Gasteiger partial charge in [0, 0.05) is 24.8 Å². The number of aromatic carboxylic acids is 1. The Labute approximate surface area is 250 Å². The monoisotopic (exact) mass is 595 g/mol. The summed E-state index contributed by atoms with van der Waals surface area (Å²) in [4.78, 5) is 61.1. The number of allylic oxidation sites excluding steroid dienone is 1. The quantitative estimate of drug-likeness (QED) is 0.314. The molecule has 10 heteroatoms. The van der Waals surface area contributed by atoms with Crippen LogP contribution in [0.3, 0.4) is 0 Å². The van der Waals surface area contributed by atoms with Crippen LogP contribution in [0, 0.1) is 28.6 Å². The van der Waals surface area contributed by atoms with Crippen LogP contribution >= 0.6 is 0 Å². The van der Waals surface area contributed by atoms with Gasteiger partial charge in [0.25, 0.3) is 0 Å². The molecule has 4 aliphatic carbocycles. The van der Waals surface area contributed by atoms with E-state index in [1.807, 2.05) is 6.92 Å². The van der Waals surface area contributed by atoms with E-state index in [2.05, 4.69) is 12.2 Å². The van der Waals surface area contributed by atoms with E-state index in [9.17, 15) is 34.2 Å². The van der Waals surface area contributed by atoms with Crippen LogP contribution in [0.1, 0.15) is 87.6 Å². The first kappa shape index (κ1) is 31.1. The van der Waals surface area contributed by atoms with E-state index in [1.165, 1.54) is 12.1 Å². The van der Waals surface area contributed by atoms with Crippen molar-refractivity contribution in [3.63, 3.8) is 0 Å². The van der Waals surface area contributed by atoms with Crippen LogP contribution in [0.2, 0.25) is 0 Å². The maximum atomic E-state index is 13.4. The zero-order valence-corrected chi connectivity index (χ0v) is 24.8. The summed E-state index contributed by atoms with van der Waals surface area (Å²) in [5.41, 5.74) is -0.920. The number of ether oxygens (including phenoxy) is 1. The Balaban J connectivity index is 1.14. The molecule has 4 N–H and O–H groups in total. The molecule has 0 saturated heterocycles. The molecule has 3 saturated carbocycles. The number of amides is 1. The average molecular weight is 596 g/mol. The molecule has 10 nitrogen and oxygen atoms in total. The van der Waals surface area contributed by atoms with Gasteiger partial charge in [0.15, 0.2) is 12.4 Å². The van der Waals surface area contributed by atoms with Crippen molar-refractivity contribution in [1.29, 1.82) is 0 Å². The topological polar surface area (TPSA) is 167 Å². The van der Waals surface area contributed by atoms with Crippen molar-refractivity contribution in [2.45, 2.75) is 89.9 Å². The summed E-state index contributed by atoms with van der Waals surface area (Å²) in [5, 5.41) is 34.9. The first-order valence-electron chi connectivity index (χ1n) is 15.2. The van der Waals surface area contributed by atoms with Gasteiger partial charge in [-0.15, -0.1) is 0 Å². The molecule has 0 aromatic heterocycles. The smallest absolute Gasteiger partial charge is 0.335 e. The lowest BCUT2D eigenvalue weighted by Gasteiger charge is -2.60. The summed E-state index contributed by atoms with van der Waals surface area (Å²) in [6.45, 7) is 3.59. The van der Waals surface area contributed by atoms with Crippen LogP contribution < -0.4 is 5.32 Å². The Morgan fingerprint density at radius 1 is 1.02 bits per heavy atom. The molecule has 0 radical (unpaired) electrons. The molecule has 0 heterocycles. The molecule has 0 unspecified atom stereocenters. The number of carboxylic acids is 1. The third-order valence-electron chi connectivity index (χ3n) is 11.1. The minimum absolute atomic E-state index is 0.0191. The van der Waals surface area contributed by atoms with Crippen molar-refractivity contribution in [3.05, 3.63) is 47.0 Å². The first-order valence-corrected chi connectivity index (χ1v) is 15.2. The Morgan fingerprint density at radius 3 is 2.44 bits per heavy atom. The largest absolute Gasteiger partial charge is 0.478 e. The number of hydrogen-bond donors (Lipinski definition) is 4. The molecule has 232 valence electrons. The maximum Gasteiger partial charge on any atom is 0.335 e. The molecule has 1 aromatic carbocycles. The number of esters is 1. The molecule has 1 amide bonds. The number of benzene rings is 1. The van der Waals surface area contributed by atoms with E-state index in [0.717, 1.165) is 18.4 Å². The number of rotatable bonds is 9. The third kappa shape index (κ3) is 5.55. The number of fused-ring (bicyclic) bond motifs is 5. The van der Waals surface area contributed by atoms with Gasteiger partial charge in [-0.05, 0) is 85.5 Å². The van der Waals surface area contributed by atoms with Crippen molar-refractivity contribution in [3.8, 4) is 0 Å². The van der Waals surface area contributed by atoms with Crippen molar-refractivity contribution in [2.75, 3.05) is 6.61 Å². The molecule has 7 atom stereocenters. The minimum Gasteiger partial charge on any atom is -0.478 e. The lowest BCUT2D eigenvalue weighted by molar-refractivity contribution is -0.184. The maximum absolute atomic E-state index is 13.4. The highest BCUT2D eigenvalue weighted by Gasteiger charge is 2.68. The minimum atomic E-state index is -1.74. The predicted molar refractivity (Wildman–Crippen MR) is 153 cm³/mol. The fraction of sp³-hybridized carbons (Fsp3) is 0.606. The van der Waals surface area contributed by atoms with Crippen LogP contribution in [-0.4, -0.2) is 63.0 Å². The Bertz CT molecular complexity index is 1350. The number of aliphatic hydroxyl groups excluding tert-OH is 1. The number of nitrogens with one attached hydrogen (secondary N) is 1. The van der Waals surface area contributed by atoms with E-state index >= 15 is 0 Å². The number of Topliss-reactive ketones (excluding diaryl/α,β-unsaturated/α-hetero) is 1. The van der Waals surface area contributed by atoms with Crippen LogP contribution in [0.15, 0.2) is 35.9 Å². The fourth-order valence-corrected chi connectivity index (χ4v) is 8.76. The van der Waals surface area contributed by atoms with Crippen molar-refractivity contribution in [2.24, 2.45) is 28.6 Å². The SMILES string of the molecule is C[C@]12CCC(=O)C=C1CC[C@H]1[C@@H]2[C@@H](O)C[C@]2(C)[C@H]1CC[C@]2(O)C(=O)COC(=O)CCC(=O)NCc1ccc(C(=O)O)cc1. The molecule has 0 spiro atoms. The Kier molecular flexibility index (Phi) is 8.39. The van der Waals surface area contributed by atoms with E-state index < -0.39 is 47.4 Å². The second kappa shape index (κ2) is 11.6. The van der Waals surface area contributed by atoms with E-state index in [0.29, 0.717) is 24.8 Å². The zero-order valence-electron chi connectivity index (χ0n) is 24.8. The van der Waals surface area contributed by atoms with E-state index in [1.54, 1.807) is 18.2 Å². The number of ketones is 2. The summed E-state index contributed by atoms with van der Waals surface area (Å²) >= 11 is 0. The lowest BCUT2D eigenvalue weighted by Crippen LogP contribution is -2.62.